The first kappa shape index (κ1) is 15.7. The lowest BCUT2D eigenvalue weighted by molar-refractivity contribution is -0.116. The summed E-state index contributed by atoms with van der Waals surface area (Å²) in [7, 11) is 0. The number of rotatable bonds is 5. The Morgan fingerprint density at radius 2 is 2.00 bits per heavy atom. The summed E-state index contributed by atoms with van der Waals surface area (Å²) in [5.74, 6) is -1.18. The van der Waals surface area contributed by atoms with E-state index in [0.29, 0.717) is 4.88 Å². The number of anilines is 1. The van der Waals surface area contributed by atoms with Gasteiger partial charge in [0.15, 0.2) is 11.6 Å². The van der Waals surface area contributed by atoms with Crippen molar-refractivity contribution in [1.29, 1.82) is 0 Å². The molecule has 21 heavy (non-hydrogen) atoms. The van der Waals surface area contributed by atoms with Crippen molar-refractivity contribution in [2.75, 3.05) is 5.32 Å². The highest BCUT2D eigenvalue weighted by molar-refractivity contribution is 7.14. The first-order valence-corrected chi connectivity index (χ1v) is 7.50. The Bertz CT molecular complexity index is 684. The van der Waals surface area contributed by atoms with Crippen LogP contribution in [0, 0.1) is 12.7 Å². The fourth-order valence-electron chi connectivity index (χ4n) is 1.75. The lowest BCUT2D eigenvalue weighted by Gasteiger charge is -2.06. The molecular formula is C15H13ClFNO2S. The molecule has 1 N–H and O–H groups in total. The Kier molecular flexibility index (Phi) is 5.09. The predicted octanol–water partition coefficient (Wildman–Crippen LogP) is 4.45. The summed E-state index contributed by atoms with van der Waals surface area (Å²) in [6, 6.07) is 7.97. The number of amides is 1. The van der Waals surface area contributed by atoms with Crippen LogP contribution in [0.5, 0.6) is 0 Å². The molecule has 0 spiro atoms. The van der Waals surface area contributed by atoms with Crippen LogP contribution in [-0.2, 0) is 4.79 Å². The molecule has 0 bridgehead atoms. The molecule has 1 aromatic carbocycles. The Labute approximate surface area is 130 Å². The first-order chi connectivity index (χ1) is 9.97. The van der Waals surface area contributed by atoms with Crippen molar-refractivity contribution in [1.82, 2.24) is 0 Å². The van der Waals surface area contributed by atoms with Crippen LogP contribution < -0.4 is 5.32 Å². The van der Waals surface area contributed by atoms with E-state index in [1.165, 1.54) is 23.5 Å². The molecule has 0 saturated carbocycles. The van der Waals surface area contributed by atoms with Crippen LogP contribution >= 0.6 is 22.9 Å². The zero-order valence-corrected chi connectivity index (χ0v) is 12.9. The zero-order valence-electron chi connectivity index (χ0n) is 11.3. The summed E-state index contributed by atoms with van der Waals surface area (Å²) in [5.41, 5.74) is 0.0203. The van der Waals surface area contributed by atoms with E-state index >= 15 is 0 Å². The van der Waals surface area contributed by atoms with Crippen molar-refractivity contribution in [3.63, 3.8) is 0 Å². The summed E-state index contributed by atoms with van der Waals surface area (Å²) in [5, 5.41) is 2.36. The maximum Gasteiger partial charge on any atom is 0.224 e. The fourth-order valence-corrected chi connectivity index (χ4v) is 2.76. The molecule has 2 aromatic rings. The number of aryl methyl sites for hydroxylation is 1. The van der Waals surface area contributed by atoms with Crippen LogP contribution in [0.4, 0.5) is 10.1 Å². The number of nitrogens with one attached hydrogen (secondary N) is 1. The summed E-state index contributed by atoms with van der Waals surface area (Å²) >= 11 is 7.03. The van der Waals surface area contributed by atoms with Crippen LogP contribution in [0.1, 0.15) is 27.4 Å². The van der Waals surface area contributed by atoms with E-state index in [9.17, 15) is 14.0 Å². The standard InChI is InChI=1S/C15H13ClFNO2S/c1-9-5-7-13(21-9)12(19)6-8-14(20)18-11-4-2-3-10(16)15(11)17/h2-5,7H,6,8H2,1H3,(H,18,20). The molecule has 2 rings (SSSR count). The van der Waals surface area contributed by atoms with E-state index in [2.05, 4.69) is 5.32 Å². The van der Waals surface area contributed by atoms with Gasteiger partial charge in [-0.15, -0.1) is 11.3 Å². The van der Waals surface area contributed by atoms with Crippen molar-refractivity contribution >= 4 is 40.3 Å². The minimum Gasteiger partial charge on any atom is -0.324 e. The average molecular weight is 326 g/mol. The molecule has 0 unspecified atom stereocenters. The van der Waals surface area contributed by atoms with Gasteiger partial charge in [0, 0.05) is 17.7 Å². The molecule has 0 aliphatic rings. The van der Waals surface area contributed by atoms with Gasteiger partial charge in [-0.1, -0.05) is 17.7 Å². The minimum absolute atomic E-state index is 0.00172. The van der Waals surface area contributed by atoms with Crippen LogP contribution in [0.15, 0.2) is 30.3 Å². The number of carbonyl (C=O) groups excluding carboxylic acids is 2. The normalized spacial score (nSPS) is 10.4. The van der Waals surface area contributed by atoms with Gasteiger partial charge in [0.1, 0.15) is 0 Å². The largest absolute Gasteiger partial charge is 0.324 e. The number of halogens is 2. The predicted molar refractivity (Wildman–Crippen MR) is 82.7 cm³/mol. The van der Waals surface area contributed by atoms with Gasteiger partial charge in [0.25, 0.3) is 0 Å². The topological polar surface area (TPSA) is 46.2 Å². The third-order valence-corrected chi connectivity index (χ3v) is 4.15. The SMILES string of the molecule is Cc1ccc(C(=O)CCC(=O)Nc2cccc(Cl)c2F)s1. The van der Waals surface area contributed by atoms with E-state index in [4.69, 9.17) is 11.6 Å². The molecule has 6 heteroatoms. The van der Waals surface area contributed by atoms with E-state index in [1.807, 2.05) is 13.0 Å². The quantitative estimate of drug-likeness (QED) is 0.825. The summed E-state index contributed by atoms with van der Waals surface area (Å²) < 4.78 is 13.6. The molecule has 3 nitrogen and oxygen atoms in total. The van der Waals surface area contributed by atoms with Crippen LogP contribution in [0.3, 0.4) is 0 Å². The number of carbonyl (C=O) groups is 2. The van der Waals surface area contributed by atoms with Gasteiger partial charge in [-0.3, -0.25) is 9.59 Å². The zero-order chi connectivity index (χ0) is 15.4. The second-order valence-electron chi connectivity index (χ2n) is 4.48. The van der Waals surface area contributed by atoms with Crippen LogP contribution in [0.2, 0.25) is 5.02 Å². The molecule has 0 radical (unpaired) electrons. The van der Waals surface area contributed by atoms with E-state index < -0.39 is 11.7 Å². The Morgan fingerprint density at radius 1 is 1.24 bits per heavy atom. The number of hydrogen-bond acceptors (Lipinski definition) is 3. The molecule has 0 aliphatic heterocycles. The van der Waals surface area contributed by atoms with E-state index in [1.54, 1.807) is 12.1 Å². The minimum atomic E-state index is -0.673. The Hall–Kier alpha value is -1.72. The second kappa shape index (κ2) is 6.83. The molecule has 1 heterocycles. The Morgan fingerprint density at radius 3 is 2.67 bits per heavy atom. The highest BCUT2D eigenvalue weighted by Crippen LogP contribution is 2.22. The monoisotopic (exact) mass is 325 g/mol. The van der Waals surface area contributed by atoms with Crippen molar-refractivity contribution in [2.45, 2.75) is 19.8 Å². The van der Waals surface area contributed by atoms with Crippen molar-refractivity contribution in [3.8, 4) is 0 Å². The number of Topliss-reactive ketones (excluding diaryl/α,β-unsaturated/α-hetero) is 1. The average Bonchev–Trinajstić information content (AvgIpc) is 2.88. The van der Waals surface area contributed by atoms with Gasteiger partial charge >= 0.3 is 0 Å². The fraction of sp³-hybridized carbons (Fsp3) is 0.200. The molecular weight excluding hydrogens is 313 g/mol. The van der Waals surface area contributed by atoms with Crippen molar-refractivity contribution in [3.05, 3.63) is 50.9 Å². The molecule has 0 fully saturated rings. The van der Waals surface area contributed by atoms with E-state index in [-0.39, 0.29) is 29.3 Å². The van der Waals surface area contributed by atoms with Gasteiger partial charge in [-0.25, -0.2) is 4.39 Å². The lowest BCUT2D eigenvalue weighted by Crippen LogP contribution is -2.14. The number of hydrogen-bond donors (Lipinski definition) is 1. The van der Waals surface area contributed by atoms with Gasteiger partial charge in [-0.2, -0.15) is 0 Å². The molecule has 1 amide bonds. The van der Waals surface area contributed by atoms with Gasteiger partial charge < -0.3 is 5.32 Å². The first-order valence-electron chi connectivity index (χ1n) is 6.31. The molecule has 0 aliphatic carbocycles. The smallest absolute Gasteiger partial charge is 0.224 e. The summed E-state index contributed by atoms with van der Waals surface area (Å²) in [4.78, 5) is 25.3. The van der Waals surface area contributed by atoms with Gasteiger partial charge in [0.2, 0.25) is 5.91 Å². The highest BCUT2D eigenvalue weighted by Gasteiger charge is 2.13. The Balaban J connectivity index is 1.90. The van der Waals surface area contributed by atoms with E-state index in [0.717, 1.165) is 4.88 Å². The molecule has 0 atom stereocenters. The van der Waals surface area contributed by atoms with Crippen LogP contribution in [0.25, 0.3) is 0 Å². The summed E-state index contributed by atoms with van der Waals surface area (Å²) in [6.45, 7) is 1.91. The number of benzene rings is 1. The maximum absolute atomic E-state index is 13.6. The van der Waals surface area contributed by atoms with Crippen molar-refractivity contribution in [2.24, 2.45) is 0 Å². The van der Waals surface area contributed by atoms with Crippen LogP contribution in [-0.4, -0.2) is 11.7 Å². The van der Waals surface area contributed by atoms with Crippen molar-refractivity contribution < 1.29 is 14.0 Å². The van der Waals surface area contributed by atoms with Gasteiger partial charge in [-0.05, 0) is 31.2 Å². The summed E-state index contributed by atoms with van der Waals surface area (Å²) in [6.07, 6.45) is 0.0930. The number of thiophene rings is 1. The van der Waals surface area contributed by atoms with Gasteiger partial charge in [0.05, 0.1) is 15.6 Å². The number of ketones is 1. The molecule has 110 valence electrons. The third-order valence-electron chi connectivity index (χ3n) is 2.82. The maximum atomic E-state index is 13.6. The highest BCUT2D eigenvalue weighted by atomic mass is 35.5. The second-order valence-corrected chi connectivity index (χ2v) is 6.18. The molecule has 1 aromatic heterocycles. The molecule has 0 saturated heterocycles. The third kappa shape index (κ3) is 4.12. The lowest BCUT2D eigenvalue weighted by atomic mass is 10.2.